The van der Waals surface area contributed by atoms with Gasteiger partial charge in [0.15, 0.2) is 0 Å². The summed E-state index contributed by atoms with van der Waals surface area (Å²) in [7, 11) is 2.09. The van der Waals surface area contributed by atoms with Crippen molar-refractivity contribution in [2.24, 2.45) is 5.73 Å². The molecular formula is C13H17ClN2OS. The molecule has 18 heavy (non-hydrogen) atoms. The van der Waals surface area contributed by atoms with Gasteiger partial charge in [0.2, 0.25) is 0 Å². The summed E-state index contributed by atoms with van der Waals surface area (Å²) in [4.78, 5) is 3.50. The Morgan fingerprint density at radius 1 is 1.39 bits per heavy atom. The summed E-state index contributed by atoms with van der Waals surface area (Å²) < 4.78 is 6.39. The molecule has 98 valence electrons. The molecule has 2 rings (SSSR count). The predicted molar refractivity (Wildman–Crippen MR) is 75.8 cm³/mol. The van der Waals surface area contributed by atoms with E-state index in [9.17, 15) is 0 Å². The van der Waals surface area contributed by atoms with E-state index in [4.69, 9.17) is 21.8 Å². The first-order valence-corrected chi connectivity index (χ1v) is 6.99. The molecule has 0 radical (unpaired) electrons. The highest BCUT2D eigenvalue weighted by molar-refractivity contribution is 7.16. The van der Waals surface area contributed by atoms with Crippen LogP contribution in [-0.4, -0.2) is 11.9 Å². The maximum atomic E-state index is 5.92. The average molecular weight is 285 g/mol. The molecule has 3 nitrogen and oxygen atoms in total. The Balaban J connectivity index is 1.98. The van der Waals surface area contributed by atoms with Gasteiger partial charge < -0.3 is 10.2 Å². The molecule has 2 heterocycles. The predicted octanol–water partition coefficient (Wildman–Crippen LogP) is 3.39. The summed E-state index contributed by atoms with van der Waals surface area (Å²) in [6, 6.07) is 6.04. The second kappa shape index (κ2) is 5.89. The molecule has 0 bridgehead atoms. The van der Waals surface area contributed by atoms with Gasteiger partial charge in [0.25, 0.3) is 0 Å². The summed E-state index contributed by atoms with van der Waals surface area (Å²) in [5, 5.41) is 0. The molecule has 0 saturated carbocycles. The number of hydrogen-bond donors (Lipinski definition) is 1. The van der Waals surface area contributed by atoms with Crippen LogP contribution in [0.2, 0.25) is 4.34 Å². The van der Waals surface area contributed by atoms with Crippen LogP contribution in [0.25, 0.3) is 0 Å². The van der Waals surface area contributed by atoms with E-state index >= 15 is 0 Å². The van der Waals surface area contributed by atoms with Crippen molar-refractivity contribution in [1.82, 2.24) is 4.90 Å². The molecule has 2 aromatic rings. The van der Waals surface area contributed by atoms with E-state index in [0.29, 0.717) is 6.54 Å². The Labute approximate surface area is 116 Å². The molecule has 0 spiro atoms. The van der Waals surface area contributed by atoms with Crippen LogP contribution in [0.15, 0.2) is 22.6 Å². The van der Waals surface area contributed by atoms with Gasteiger partial charge in [0, 0.05) is 23.5 Å². The maximum Gasteiger partial charge on any atom is 0.118 e. The first-order chi connectivity index (χ1) is 8.58. The second-order valence-electron chi connectivity index (χ2n) is 4.38. The normalized spacial score (nSPS) is 11.4. The SMILES string of the molecule is Cc1oc(CN)cc1CN(C)Cc1ccc(Cl)s1. The van der Waals surface area contributed by atoms with Crippen molar-refractivity contribution >= 4 is 22.9 Å². The van der Waals surface area contributed by atoms with Gasteiger partial charge in [0.1, 0.15) is 11.5 Å². The van der Waals surface area contributed by atoms with Crippen LogP contribution >= 0.6 is 22.9 Å². The third-order valence-electron chi connectivity index (χ3n) is 2.77. The number of furan rings is 1. The molecular weight excluding hydrogens is 268 g/mol. The zero-order valence-corrected chi connectivity index (χ0v) is 12.1. The molecule has 0 aromatic carbocycles. The van der Waals surface area contributed by atoms with Crippen LogP contribution in [0.1, 0.15) is 22.0 Å². The molecule has 0 aliphatic rings. The van der Waals surface area contributed by atoms with Gasteiger partial charge in [-0.05, 0) is 32.2 Å². The van der Waals surface area contributed by atoms with Crippen molar-refractivity contribution in [2.75, 3.05) is 7.05 Å². The largest absolute Gasteiger partial charge is 0.465 e. The number of nitrogens with zero attached hydrogens (tertiary/aromatic N) is 1. The standard InChI is InChI=1S/C13H17ClN2OS/c1-9-10(5-11(6-15)17-9)7-16(2)8-12-3-4-13(14)18-12/h3-5H,6-8,15H2,1-2H3. The highest BCUT2D eigenvalue weighted by atomic mass is 35.5. The maximum absolute atomic E-state index is 5.92. The van der Waals surface area contributed by atoms with Crippen molar-refractivity contribution in [1.29, 1.82) is 0 Å². The molecule has 0 fully saturated rings. The Hall–Kier alpha value is -0.810. The number of hydrogen-bond acceptors (Lipinski definition) is 4. The zero-order chi connectivity index (χ0) is 13.1. The second-order valence-corrected chi connectivity index (χ2v) is 6.18. The van der Waals surface area contributed by atoms with E-state index < -0.39 is 0 Å². The van der Waals surface area contributed by atoms with Crippen molar-refractivity contribution < 1.29 is 4.42 Å². The minimum atomic E-state index is 0.449. The lowest BCUT2D eigenvalue weighted by atomic mass is 10.2. The van der Waals surface area contributed by atoms with E-state index in [0.717, 1.165) is 28.9 Å². The fourth-order valence-electron chi connectivity index (χ4n) is 1.89. The monoisotopic (exact) mass is 284 g/mol. The van der Waals surface area contributed by atoms with Crippen LogP contribution in [0, 0.1) is 6.92 Å². The lowest BCUT2D eigenvalue weighted by Crippen LogP contribution is -2.16. The van der Waals surface area contributed by atoms with E-state index in [2.05, 4.69) is 18.0 Å². The summed E-state index contributed by atoms with van der Waals surface area (Å²) >= 11 is 7.54. The third-order valence-corrected chi connectivity index (χ3v) is 3.98. The van der Waals surface area contributed by atoms with Crippen LogP contribution in [0.4, 0.5) is 0 Å². The van der Waals surface area contributed by atoms with Gasteiger partial charge in [-0.3, -0.25) is 4.90 Å². The molecule has 5 heteroatoms. The van der Waals surface area contributed by atoms with E-state index in [1.54, 1.807) is 11.3 Å². The molecule has 0 amide bonds. The summed E-state index contributed by atoms with van der Waals surface area (Å²) in [5.41, 5.74) is 6.76. The first kappa shape index (κ1) is 13.6. The Morgan fingerprint density at radius 3 is 2.72 bits per heavy atom. The zero-order valence-electron chi connectivity index (χ0n) is 10.6. The quantitative estimate of drug-likeness (QED) is 0.915. The van der Waals surface area contributed by atoms with Crippen molar-refractivity contribution in [3.8, 4) is 0 Å². The van der Waals surface area contributed by atoms with Crippen molar-refractivity contribution in [3.63, 3.8) is 0 Å². The van der Waals surface area contributed by atoms with Crippen LogP contribution in [0.5, 0.6) is 0 Å². The number of thiophene rings is 1. The molecule has 0 aliphatic carbocycles. The van der Waals surface area contributed by atoms with E-state index in [1.807, 2.05) is 19.1 Å². The smallest absolute Gasteiger partial charge is 0.118 e. The minimum Gasteiger partial charge on any atom is -0.465 e. The summed E-state index contributed by atoms with van der Waals surface area (Å²) in [6.45, 7) is 4.17. The molecule has 2 N–H and O–H groups in total. The highest BCUT2D eigenvalue weighted by Crippen LogP contribution is 2.23. The van der Waals surface area contributed by atoms with Gasteiger partial charge in [-0.1, -0.05) is 11.6 Å². The fourth-order valence-corrected chi connectivity index (χ4v) is 3.06. The molecule has 0 unspecified atom stereocenters. The first-order valence-electron chi connectivity index (χ1n) is 5.79. The van der Waals surface area contributed by atoms with E-state index in [-0.39, 0.29) is 0 Å². The van der Waals surface area contributed by atoms with Crippen LogP contribution in [-0.2, 0) is 19.6 Å². The molecule has 0 aliphatic heterocycles. The van der Waals surface area contributed by atoms with Gasteiger partial charge in [-0.25, -0.2) is 0 Å². The number of rotatable bonds is 5. The molecule has 0 atom stereocenters. The lowest BCUT2D eigenvalue weighted by molar-refractivity contribution is 0.319. The summed E-state index contributed by atoms with van der Waals surface area (Å²) in [6.07, 6.45) is 0. The Bertz CT molecular complexity index is 521. The topological polar surface area (TPSA) is 42.4 Å². The van der Waals surface area contributed by atoms with Crippen LogP contribution in [0.3, 0.4) is 0 Å². The van der Waals surface area contributed by atoms with Gasteiger partial charge in [-0.15, -0.1) is 11.3 Å². The Kier molecular flexibility index (Phi) is 4.45. The van der Waals surface area contributed by atoms with Gasteiger partial charge >= 0.3 is 0 Å². The molecule has 2 aromatic heterocycles. The third kappa shape index (κ3) is 3.36. The molecule has 0 saturated heterocycles. The minimum absolute atomic E-state index is 0.449. The van der Waals surface area contributed by atoms with Gasteiger partial charge in [-0.2, -0.15) is 0 Å². The Morgan fingerprint density at radius 2 is 2.17 bits per heavy atom. The van der Waals surface area contributed by atoms with Crippen molar-refractivity contribution in [3.05, 3.63) is 44.5 Å². The fraction of sp³-hybridized carbons (Fsp3) is 0.385. The number of halogens is 1. The lowest BCUT2D eigenvalue weighted by Gasteiger charge is -2.14. The van der Waals surface area contributed by atoms with Gasteiger partial charge in [0.05, 0.1) is 10.9 Å². The average Bonchev–Trinajstić information content (AvgIpc) is 2.86. The highest BCUT2D eigenvalue weighted by Gasteiger charge is 2.10. The summed E-state index contributed by atoms with van der Waals surface area (Å²) in [5.74, 6) is 1.79. The van der Waals surface area contributed by atoms with Crippen molar-refractivity contribution in [2.45, 2.75) is 26.6 Å². The van der Waals surface area contributed by atoms with E-state index in [1.165, 1.54) is 10.4 Å². The van der Waals surface area contributed by atoms with Crippen LogP contribution < -0.4 is 5.73 Å². The number of nitrogens with two attached hydrogens (primary N) is 1. The number of aryl methyl sites for hydroxylation is 1.